The molecule has 8 saturated carbocycles. The fourth-order valence-electron chi connectivity index (χ4n) is 18.4. The van der Waals surface area contributed by atoms with E-state index in [0.29, 0.717) is 60.2 Å². The summed E-state index contributed by atoms with van der Waals surface area (Å²) in [5, 5.41) is 45.0. The summed E-state index contributed by atoms with van der Waals surface area (Å²) in [6.07, 6.45) is 16.8. The largest absolute Gasteiger partial charge is 0.481 e. The van der Waals surface area contributed by atoms with Gasteiger partial charge in [0, 0.05) is 6.42 Å². The first kappa shape index (κ1) is 41.5. The number of hydrogen-bond donors (Lipinski definition) is 4. The molecule has 0 radical (unpaired) electrons. The SMILES string of the molecule is CCC[C@@H](C)[C@H]1CCC2C3C(CC[C@@]21C)[C@@]1(C)CC[C@@H](O)CC1(C(=O)O[C@@H]1CC[C@@]2(C)C(C1)C[C@@H](O)[C@H]1[C@@H]4CC[C@H]([C@H](C)CCC(=O)O)[C@@]4(C)CC[C@@H]12)C[C@H]3O. The van der Waals surface area contributed by atoms with E-state index in [1.54, 1.807) is 0 Å². The molecular weight excluding hydrogens is 701 g/mol. The number of rotatable bonds is 9. The summed E-state index contributed by atoms with van der Waals surface area (Å²) in [5.74, 6) is 3.91. The van der Waals surface area contributed by atoms with Crippen molar-refractivity contribution in [3.63, 3.8) is 0 Å². The molecule has 0 aromatic heterocycles. The molecule has 56 heavy (non-hydrogen) atoms. The van der Waals surface area contributed by atoms with Gasteiger partial charge < -0.3 is 25.2 Å². The molecule has 0 aromatic rings. The fourth-order valence-corrected chi connectivity index (χ4v) is 18.4. The van der Waals surface area contributed by atoms with Crippen molar-refractivity contribution in [2.24, 2.45) is 92.2 Å². The van der Waals surface area contributed by atoms with Crippen LogP contribution in [0.15, 0.2) is 0 Å². The molecule has 0 aromatic carbocycles. The van der Waals surface area contributed by atoms with Gasteiger partial charge in [-0.2, -0.15) is 0 Å². The van der Waals surface area contributed by atoms with E-state index in [9.17, 15) is 25.2 Å². The lowest BCUT2D eigenvalue weighted by atomic mass is 9.39. The maximum absolute atomic E-state index is 15.0. The molecule has 0 amide bonds. The Morgan fingerprint density at radius 1 is 0.661 bits per heavy atom. The van der Waals surface area contributed by atoms with Crippen LogP contribution in [0.25, 0.3) is 0 Å². The van der Waals surface area contributed by atoms with E-state index in [1.165, 1.54) is 32.1 Å². The first-order chi connectivity index (χ1) is 26.4. The predicted octanol–water partition coefficient (Wildman–Crippen LogP) is 9.83. The number of esters is 1. The Hall–Kier alpha value is -1.18. The minimum absolute atomic E-state index is 0.103. The number of hydrogen-bond acceptors (Lipinski definition) is 6. The van der Waals surface area contributed by atoms with Gasteiger partial charge in [0.2, 0.25) is 0 Å². The van der Waals surface area contributed by atoms with Gasteiger partial charge in [-0.3, -0.25) is 9.59 Å². The van der Waals surface area contributed by atoms with E-state index in [0.717, 1.165) is 77.0 Å². The third-order valence-corrected chi connectivity index (χ3v) is 21.2. The van der Waals surface area contributed by atoms with Crippen LogP contribution in [0.5, 0.6) is 0 Å². The molecule has 7 nitrogen and oxygen atoms in total. The van der Waals surface area contributed by atoms with Crippen LogP contribution in [0, 0.1) is 92.2 Å². The lowest BCUT2D eigenvalue weighted by Gasteiger charge is -2.66. The fraction of sp³-hybridized carbons (Fsp3) is 0.959. The van der Waals surface area contributed by atoms with Crippen molar-refractivity contribution in [3.8, 4) is 0 Å². The number of aliphatic hydroxyl groups excluding tert-OH is 3. The molecule has 20 atom stereocenters. The maximum Gasteiger partial charge on any atom is 0.313 e. The monoisotopic (exact) mass is 781 g/mol. The van der Waals surface area contributed by atoms with Gasteiger partial charge in [-0.1, -0.05) is 61.3 Å². The Balaban J connectivity index is 0.977. The highest BCUT2D eigenvalue weighted by Gasteiger charge is 2.70. The highest BCUT2D eigenvalue weighted by atomic mass is 16.5. The minimum Gasteiger partial charge on any atom is -0.481 e. The number of ether oxygens (including phenoxy) is 1. The average molecular weight is 781 g/mol. The zero-order valence-electron chi connectivity index (χ0n) is 36.3. The second-order valence-electron chi connectivity index (χ2n) is 23.2. The molecule has 318 valence electrons. The molecule has 8 aliphatic rings. The second-order valence-corrected chi connectivity index (χ2v) is 23.2. The van der Waals surface area contributed by atoms with E-state index >= 15 is 4.79 Å². The van der Waals surface area contributed by atoms with Gasteiger partial charge in [0.1, 0.15) is 6.10 Å². The van der Waals surface area contributed by atoms with Crippen LogP contribution in [0.4, 0.5) is 0 Å². The van der Waals surface area contributed by atoms with Crippen molar-refractivity contribution < 1.29 is 34.8 Å². The number of aliphatic hydroxyl groups is 3. The Morgan fingerprint density at radius 3 is 1.86 bits per heavy atom. The van der Waals surface area contributed by atoms with Crippen LogP contribution < -0.4 is 0 Å². The first-order valence-corrected chi connectivity index (χ1v) is 23.9. The van der Waals surface area contributed by atoms with Crippen molar-refractivity contribution in [3.05, 3.63) is 0 Å². The zero-order chi connectivity index (χ0) is 40.2. The van der Waals surface area contributed by atoms with Gasteiger partial charge in [-0.15, -0.1) is 0 Å². The van der Waals surface area contributed by atoms with Gasteiger partial charge >= 0.3 is 11.9 Å². The number of carboxylic acid groups (broad SMARTS) is 1. The molecule has 0 heterocycles. The number of carbonyl (C=O) groups excluding carboxylic acids is 1. The molecule has 5 unspecified atom stereocenters. The second kappa shape index (κ2) is 14.8. The van der Waals surface area contributed by atoms with Gasteiger partial charge in [0.15, 0.2) is 0 Å². The quantitative estimate of drug-likeness (QED) is 0.172. The number of aliphatic carboxylic acids is 1. The first-order valence-electron chi connectivity index (χ1n) is 23.9. The van der Waals surface area contributed by atoms with Gasteiger partial charge in [-0.25, -0.2) is 0 Å². The Kier molecular flexibility index (Phi) is 11.0. The summed E-state index contributed by atoms with van der Waals surface area (Å²) in [6, 6.07) is 0. The van der Waals surface area contributed by atoms with Crippen LogP contribution >= 0.6 is 0 Å². The Bertz CT molecular complexity index is 1480. The molecule has 0 bridgehead atoms. The van der Waals surface area contributed by atoms with Crippen molar-refractivity contribution in [1.29, 1.82) is 0 Å². The van der Waals surface area contributed by atoms with Gasteiger partial charge in [0.05, 0.1) is 23.7 Å². The molecule has 0 saturated heterocycles. The summed E-state index contributed by atoms with van der Waals surface area (Å²) >= 11 is 0. The third kappa shape index (κ3) is 6.15. The summed E-state index contributed by atoms with van der Waals surface area (Å²) in [4.78, 5) is 26.4. The van der Waals surface area contributed by atoms with E-state index in [4.69, 9.17) is 4.74 Å². The van der Waals surface area contributed by atoms with Crippen molar-refractivity contribution in [1.82, 2.24) is 0 Å². The molecule has 0 spiro atoms. The normalized spacial score (nSPS) is 53.3. The summed E-state index contributed by atoms with van der Waals surface area (Å²) in [5.41, 5.74) is -0.681. The molecule has 4 N–H and O–H groups in total. The highest BCUT2D eigenvalue weighted by molar-refractivity contribution is 5.79. The molecular formula is C49H80O7. The minimum atomic E-state index is -0.876. The summed E-state index contributed by atoms with van der Waals surface area (Å²) in [6.45, 7) is 16.9. The number of fused-ring (bicyclic) bond motifs is 10. The molecule has 0 aliphatic heterocycles. The van der Waals surface area contributed by atoms with Crippen LogP contribution in [0.1, 0.15) is 177 Å². The van der Waals surface area contributed by atoms with Crippen molar-refractivity contribution >= 4 is 11.9 Å². The lowest BCUT2D eigenvalue weighted by molar-refractivity contribution is -0.235. The van der Waals surface area contributed by atoms with E-state index < -0.39 is 23.6 Å². The molecule has 8 fully saturated rings. The van der Waals surface area contributed by atoms with Crippen LogP contribution in [-0.2, 0) is 14.3 Å². The van der Waals surface area contributed by atoms with Crippen LogP contribution in [0.3, 0.4) is 0 Å². The topological polar surface area (TPSA) is 124 Å². The number of carboxylic acids is 1. The Labute approximate surface area is 339 Å². The van der Waals surface area contributed by atoms with Crippen molar-refractivity contribution in [2.75, 3.05) is 0 Å². The van der Waals surface area contributed by atoms with Crippen LogP contribution in [0.2, 0.25) is 0 Å². The molecule has 8 rings (SSSR count). The van der Waals surface area contributed by atoms with Crippen LogP contribution in [-0.4, -0.2) is 56.8 Å². The van der Waals surface area contributed by atoms with Crippen molar-refractivity contribution in [2.45, 2.75) is 201 Å². The molecule has 7 heteroatoms. The summed E-state index contributed by atoms with van der Waals surface area (Å²) in [7, 11) is 0. The summed E-state index contributed by atoms with van der Waals surface area (Å²) < 4.78 is 6.76. The lowest BCUT2D eigenvalue weighted by Crippen LogP contribution is -2.66. The molecule has 8 aliphatic carbocycles. The third-order valence-electron chi connectivity index (χ3n) is 21.2. The zero-order valence-corrected chi connectivity index (χ0v) is 36.3. The van der Waals surface area contributed by atoms with Gasteiger partial charge in [0.25, 0.3) is 0 Å². The average Bonchev–Trinajstić information content (AvgIpc) is 3.68. The van der Waals surface area contributed by atoms with E-state index in [-0.39, 0.29) is 64.0 Å². The van der Waals surface area contributed by atoms with Gasteiger partial charge in [-0.05, 0) is 196 Å². The number of carbonyl (C=O) groups is 2. The Morgan fingerprint density at radius 2 is 1.23 bits per heavy atom. The maximum atomic E-state index is 15.0. The van der Waals surface area contributed by atoms with E-state index in [1.807, 2.05) is 0 Å². The highest BCUT2D eigenvalue weighted by Crippen LogP contribution is 2.73. The van der Waals surface area contributed by atoms with E-state index in [2.05, 4.69) is 48.5 Å². The smallest absolute Gasteiger partial charge is 0.313 e. The standard InChI is InChI=1S/C49H80O7/c1-8-9-28(2)33-11-14-36-43-38(19-22-47(33,36)6)48(7)23-16-31(50)26-49(48,27-40(43)52)44(55)56-32-17-20-45(4)30(24-32)25-39(51)42-35-13-12-34(29(3)10-15-41(53)54)46(35,5)21-18-37(42)45/h28-40,42-43,50-52H,8-27H2,1-7H3,(H,53,54)/t28-,29-,30?,31-,32-,33-,34-,35+,36?,37+,38?,39-,40-,42+,43?,45+,46-,47-,48-,49?/m1/s1. The predicted molar refractivity (Wildman–Crippen MR) is 218 cm³/mol.